The number of para-hydroxylation sites is 1. The Morgan fingerprint density at radius 3 is 2.20 bits per heavy atom. The molecule has 0 bridgehead atoms. The summed E-state index contributed by atoms with van der Waals surface area (Å²) >= 11 is 0. The lowest BCUT2D eigenvalue weighted by Crippen LogP contribution is -2.16. The zero-order valence-corrected chi connectivity index (χ0v) is 21.6. The summed E-state index contributed by atoms with van der Waals surface area (Å²) in [5.74, 6) is 0.104. The first-order valence-corrected chi connectivity index (χ1v) is 14.9. The largest absolute Gasteiger partial charge is 0.419 e. The summed E-state index contributed by atoms with van der Waals surface area (Å²) in [7, 11) is -6.32. The third-order valence-electron chi connectivity index (χ3n) is 5.40. The fourth-order valence-corrected chi connectivity index (χ4v) is 5.36. The van der Waals surface area contributed by atoms with Crippen molar-refractivity contribution in [2.24, 2.45) is 0 Å². The maximum atomic E-state index is 13.8. The number of aromatic nitrogens is 1. The van der Waals surface area contributed by atoms with Crippen molar-refractivity contribution in [1.29, 1.82) is 0 Å². The van der Waals surface area contributed by atoms with Gasteiger partial charge in [0, 0.05) is 23.3 Å². The highest BCUT2D eigenvalue weighted by molar-refractivity contribution is 7.92. The molecule has 0 saturated heterocycles. The van der Waals surface area contributed by atoms with Crippen molar-refractivity contribution in [3.8, 4) is 0 Å². The molecule has 35 heavy (non-hydrogen) atoms. The summed E-state index contributed by atoms with van der Waals surface area (Å²) in [5.41, 5.74) is -0.0390. The van der Waals surface area contributed by atoms with E-state index >= 15 is 0 Å². The predicted octanol–water partition coefficient (Wildman–Crippen LogP) is 6.33. The number of nitrogens with zero attached hydrogens (tertiary/aromatic N) is 1. The van der Waals surface area contributed by atoms with E-state index in [0.717, 1.165) is 5.56 Å². The Hall–Kier alpha value is -2.84. The molecule has 0 amide bonds. The van der Waals surface area contributed by atoms with E-state index in [1.165, 1.54) is 44.2 Å². The number of hydrogen-bond acceptors (Lipinski definition) is 6. The molecule has 1 heterocycles. The van der Waals surface area contributed by atoms with Gasteiger partial charge in [-0.15, -0.1) is 0 Å². The third kappa shape index (κ3) is 6.05. The first-order valence-electron chi connectivity index (χ1n) is 10.7. The highest BCUT2D eigenvalue weighted by atomic mass is 32.2. The van der Waals surface area contributed by atoms with Gasteiger partial charge in [0.2, 0.25) is 0 Å². The van der Waals surface area contributed by atoms with Crippen molar-refractivity contribution in [3.63, 3.8) is 0 Å². The van der Waals surface area contributed by atoms with Crippen LogP contribution in [0.1, 0.15) is 25.0 Å². The molecule has 11 heteroatoms. The average molecular weight is 526 g/mol. The van der Waals surface area contributed by atoms with Crippen molar-refractivity contribution in [2.75, 3.05) is 24.0 Å². The molecule has 1 aromatic heterocycles. The summed E-state index contributed by atoms with van der Waals surface area (Å²) in [4.78, 5) is 3.82. The van der Waals surface area contributed by atoms with Gasteiger partial charge in [0.15, 0.2) is 9.84 Å². The van der Waals surface area contributed by atoms with Gasteiger partial charge in [0.25, 0.3) is 0 Å². The second-order valence-electron chi connectivity index (χ2n) is 8.80. The molecule has 0 aliphatic carbocycles. The number of rotatable bonds is 7. The van der Waals surface area contributed by atoms with E-state index in [0.29, 0.717) is 17.2 Å². The maximum Gasteiger partial charge on any atom is 0.419 e. The van der Waals surface area contributed by atoms with E-state index in [-0.39, 0.29) is 22.1 Å². The lowest BCUT2D eigenvalue weighted by atomic mass is 10.2. The van der Waals surface area contributed by atoms with E-state index in [2.05, 4.69) is 15.6 Å². The molecule has 0 unspecified atom stereocenters. The van der Waals surface area contributed by atoms with E-state index in [1.807, 2.05) is 0 Å². The molecule has 0 spiro atoms. The van der Waals surface area contributed by atoms with E-state index < -0.39 is 34.0 Å². The highest BCUT2D eigenvalue weighted by Gasteiger charge is 2.35. The Bertz CT molecular complexity index is 1400. The molecule has 3 aromatic rings. The summed E-state index contributed by atoms with van der Waals surface area (Å²) in [6, 6.07) is 12.2. The molecule has 0 radical (unpaired) electrons. The van der Waals surface area contributed by atoms with Gasteiger partial charge in [0.05, 0.1) is 27.1 Å². The fraction of sp³-hybridized carbons (Fsp3) is 0.292. The molecule has 2 N–H and O–H groups in total. The zero-order chi connectivity index (χ0) is 26.2. The molecule has 0 aliphatic heterocycles. The van der Waals surface area contributed by atoms with Crippen LogP contribution >= 0.6 is 7.14 Å². The highest BCUT2D eigenvalue weighted by Crippen LogP contribution is 2.39. The lowest BCUT2D eigenvalue weighted by molar-refractivity contribution is -0.137. The number of aryl methyl sites for hydroxylation is 1. The second-order valence-corrected chi connectivity index (χ2v) is 14.5. The molecule has 0 atom stereocenters. The van der Waals surface area contributed by atoms with Crippen molar-refractivity contribution in [2.45, 2.75) is 37.1 Å². The van der Waals surface area contributed by atoms with Crippen LogP contribution in [0, 0.1) is 6.92 Å². The van der Waals surface area contributed by atoms with Crippen LogP contribution < -0.4 is 15.9 Å². The van der Waals surface area contributed by atoms with Gasteiger partial charge >= 0.3 is 6.18 Å². The number of nitrogens with one attached hydrogen (secondary N) is 2. The van der Waals surface area contributed by atoms with Gasteiger partial charge in [-0.25, -0.2) is 13.4 Å². The van der Waals surface area contributed by atoms with Gasteiger partial charge in [-0.2, -0.15) is 13.2 Å². The molecule has 188 valence electrons. The summed E-state index contributed by atoms with van der Waals surface area (Å²) < 4.78 is 79.3. The summed E-state index contributed by atoms with van der Waals surface area (Å²) in [5, 5.41) is 5.51. The van der Waals surface area contributed by atoms with Gasteiger partial charge in [-0.3, -0.25) is 0 Å². The smallest absolute Gasteiger partial charge is 0.354 e. The minimum Gasteiger partial charge on any atom is -0.354 e. The van der Waals surface area contributed by atoms with Crippen LogP contribution in [0.15, 0.2) is 59.6 Å². The minimum absolute atomic E-state index is 0.0277. The normalized spacial score (nSPS) is 12.6. The van der Waals surface area contributed by atoms with Gasteiger partial charge < -0.3 is 15.2 Å². The van der Waals surface area contributed by atoms with Crippen molar-refractivity contribution in [3.05, 3.63) is 65.9 Å². The summed E-state index contributed by atoms with van der Waals surface area (Å²) in [6.45, 7) is 8.07. The van der Waals surface area contributed by atoms with Crippen LogP contribution in [-0.4, -0.2) is 32.0 Å². The monoisotopic (exact) mass is 525 g/mol. The number of alkyl halides is 3. The van der Waals surface area contributed by atoms with E-state index in [4.69, 9.17) is 0 Å². The molecule has 6 nitrogen and oxygen atoms in total. The van der Waals surface area contributed by atoms with Crippen LogP contribution in [0.25, 0.3) is 0 Å². The molecule has 0 fully saturated rings. The summed E-state index contributed by atoms with van der Waals surface area (Å²) in [6.07, 6.45) is -4.04. The first-order chi connectivity index (χ1) is 16.1. The predicted molar refractivity (Wildman–Crippen MR) is 135 cm³/mol. The number of benzene rings is 2. The van der Waals surface area contributed by atoms with Gasteiger partial charge in [-0.1, -0.05) is 24.3 Å². The topological polar surface area (TPSA) is 88.2 Å². The van der Waals surface area contributed by atoms with Crippen molar-refractivity contribution < 1.29 is 26.2 Å². The standard InChI is InChI=1S/C24H27F3N3O3PS/c1-15(2)35(32,33)22-9-7-6-8-19(22)29-21-13-23(28-14-18(21)24(25,26)27)30-20-12-17(34(4,5)31)11-10-16(20)3/h6-15H,1-5H3,(H2,28,29,30). The van der Waals surface area contributed by atoms with Crippen LogP contribution in [-0.2, 0) is 20.6 Å². The van der Waals surface area contributed by atoms with Gasteiger partial charge in [0.1, 0.15) is 13.0 Å². The zero-order valence-electron chi connectivity index (χ0n) is 19.9. The van der Waals surface area contributed by atoms with Gasteiger partial charge in [-0.05, 0) is 57.9 Å². The third-order valence-corrected chi connectivity index (χ3v) is 9.13. The molecule has 3 rings (SSSR count). The molecule has 0 saturated carbocycles. The molecule has 0 aliphatic rings. The quantitative estimate of drug-likeness (QED) is 0.351. The maximum absolute atomic E-state index is 13.8. The Morgan fingerprint density at radius 2 is 1.60 bits per heavy atom. The number of sulfone groups is 1. The Morgan fingerprint density at radius 1 is 0.943 bits per heavy atom. The Kier molecular flexibility index (Phi) is 7.39. The molecule has 2 aromatic carbocycles. The number of hydrogen-bond donors (Lipinski definition) is 2. The van der Waals surface area contributed by atoms with Crippen LogP contribution in [0.3, 0.4) is 0 Å². The first kappa shape index (κ1) is 26.8. The van der Waals surface area contributed by atoms with Crippen LogP contribution in [0.5, 0.6) is 0 Å². The second kappa shape index (κ2) is 9.66. The number of pyridine rings is 1. The van der Waals surface area contributed by atoms with E-state index in [9.17, 15) is 26.2 Å². The average Bonchev–Trinajstić information content (AvgIpc) is 2.74. The Balaban J connectivity index is 2.09. The lowest BCUT2D eigenvalue weighted by Gasteiger charge is -2.19. The molecular weight excluding hydrogens is 498 g/mol. The fourth-order valence-electron chi connectivity index (χ4n) is 3.29. The number of anilines is 4. The van der Waals surface area contributed by atoms with E-state index in [1.54, 1.807) is 38.5 Å². The minimum atomic E-state index is -4.73. The SMILES string of the molecule is Cc1ccc(P(C)(C)=O)cc1Nc1cc(Nc2ccccc2S(=O)(=O)C(C)C)c(C(F)(F)F)cn1. The number of halogens is 3. The Labute approximate surface area is 203 Å². The van der Waals surface area contributed by atoms with Crippen LogP contribution in [0.4, 0.5) is 36.1 Å². The van der Waals surface area contributed by atoms with Crippen molar-refractivity contribution >= 4 is 45.2 Å². The van der Waals surface area contributed by atoms with Crippen LogP contribution in [0.2, 0.25) is 0 Å². The van der Waals surface area contributed by atoms with Crippen molar-refractivity contribution in [1.82, 2.24) is 4.98 Å². The molecular formula is C24H27F3N3O3PS.